The molecule has 0 spiro atoms. The van der Waals surface area contributed by atoms with Crippen LogP contribution < -0.4 is 10.3 Å². The maximum atomic E-state index is 11.6. The minimum Gasteiger partial charge on any atom is -0.492 e. The number of nitrogens with one attached hydrogen (secondary N) is 1. The minimum absolute atomic E-state index is 0.151. The van der Waals surface area contributed by atoms with E-state index < -0.39 is 0 Å². The van der Waals surface area contributed by atoms with Gasteiger partial charge in [-0.05, 0) is 12.5 Å². The Labute approximate surface area is 111 Å². The van der Waals surface area contributed by atoms with Crippen LogP contribution in [0.5, 0.6) is 5.75 Å². The lowest BCUT2D eigenvalue weighted by Gasteiger charge is -2.06. The van der Waals surface area contributed by atoms with Crippen molar-refractivity contribution in [1.82, 2.24) is 15.0 Å². The average Bonchev–Trinajstić information content (AvgIpc) is 2.44. The van der Waals surface area contributed by atoms with E-state index in [2.05, 4.69) is 15.0 Å². The zero-order chi connectivity index (χ0) is 13.7. The quantitative estimate of drug-likeness (QED) is 0.893. The fourth-order valence-corrected chi connectivity index (χ4v) is 1.68. The summed E-state index contributed by atoms with van der Waals surface area (Å²) >= 11 is 0. The fourth-order valence-electron chi connectivity index (χ4n) is 1.68. The van der Waals surface area contributed by atoms with Crippen molar-refractivity contribution >= 4 is 0 Å². The summed E-state index contributed by atoms with van der Waals surface area (Å²) in [4.78, 5) is 22.8. The highest BCUT2D eigenvalue weighted by Gasteiger charge is 2.05. The number of aromatic nitrogens is 3. The molecular weight excluding hydrogens is 242 g/mol. The zero-order valence-electron chi connectivity index (χ0n) is 11.1. The Kier molecular flexibility index (Phi) is 4.28. The average molecular weight is 259 g/mol. The van der Waals surface area contributed by atoms with Crippen LogP contribution in [0, 0.1) is 0 Å². The molecule has 2 aromatic heterocycles. The molecule has 5 heteroatoms. The Morgan fingerprint density at radius 1 is 1.26 bits per heavy atom. The molecule has 0 saturated heterocycles. The second kappa shape index (κ2) is 6.13. The summed E-state index contributed by atoms with van der Waals surface area (Å²) in [6, 6.07) is 3.32. The number of aromatic amines is 1. The molecule has 0 unspecified atom stereocenters. The highest BCUT2D eigenvalue weighted by Crippen LogP contribution is 2.20. The Morgan fingerprint density at radius 2 is 2.11 bits per heavy atom. The van der Waals surface area contributed by atoms with Crippen molar-refractivity contribution in [3.05, 3.63) is 40.7 Å². The Balaban J connectivity index is 2.35. The van der Waals surface area contributed by atoms with Crippen LogP contribution in [0.4, 0.5) is 0 Å². The molecule has 0 aliphatic rings. The number of nitrogens with zero attached hydrogens (tertiary/aromatic N) is 2. The second-order valence-corrected chi connectivity index (χ2v) is 4.19. The van der Waals surface area contributed by atoms with Crippen molar-refractivity contribution < 1.29 is 4.74 Å². The first-order chi connectivity index (χ1) is 9.22. The summed E-state index contributed by atoms with van der Waals surface area (Å²) in [5.74, 6) is 1.36. The van der Waals surface area contributed by atoms with Gasteiger partial charge in [-0.1, -0.05) is 13.8 Å². The van der Waals surface area contributed by atoms with Crippen LogP contribution in [-0.4, -0.2) is 21.6 Å². The standard InChI is InChI=1S/C14H17N3O2/c1-3-5-19-11-6-10(8-15-9-11)12-7-14(18)17-13(4-2)16-12/h6-9H,3-5H2,1-2H3,(H,16,17,18). The topological polar surface area (TPSA) is 67.9 Å². The summed E-state index contributed by atoms with van der Waals surface area (Å²) in [6.45, 7) is 4.64. The van der Waals surface area contributed by atoms with E-state index in [1.165, 1.54) is 6.07 Å². The monoisotopic (exact) mass is 259 g/mol. The number of rotatable bonds is 5. The highest BCUT2D eigenvalue weighted by atomic mass is 16.5. The summed E-state index contributed by atoms with van der Waals surface area (Å²) in [6.07, 6.45) is 4.96. The number of ether oxygens (including phenoxy) is 1. The van der Waals surface area contributed by atoms with Gasteiger partial charge in [0.2, 0.25) is 0 Å². The van der Waals surface area contributed by atoms with E-state index in [9.17, 15) is 4.79 Å². The predicted molar refractivity (Wildman–Crippen MR) is 73.3 cm³/mol. The van der Waals surface area contributed by atoms with E-state index in [0.717, 1.165) is 12.0 Å². The number of pyridine rings is 1. The minimum atomic E-state index is -0.151. The Bertz CT molecular complexity index is 608. The van der Waals surface area contributed by atoms with Crippen molar-refractivity contribution in [3.8, 4) is 17.0 Å². The molecule has 0 aliphatic carbocycles. The molecule has 0 bridgehead atoms. The first-order valence-electron chi connectivity index (χ1n) is 6.41. The molecule has 0 saturated carbocycles. The van der Waals surface area contributed by atoms with Gasteiger partial charge in [0.1, 0.15) is 11.6 Å². The smallest absolute Gasteiger partial charge is 0.251 e. The second-order valence-electron chi connectivity index (χ2n) is 4.19. The van der Waals surface area contributed by atoms with E-state index in [1.807, 2.05) is 19.9 Å². The molecule has 2 aromatic rings. The summed E-state index contributed by atoms with van der Waals surface area (Å²) in [7, 11) is 0. The van der Waals surface area contributed by atoms with E-state index in [-0.39, 0.29) is 5.56 Å². The highest BCUT2D eigenvalue weighted by molar-refractivity contribution is 5.59. The van der Waals surface area contributed by atoms with Gasteiger partial charge in [0.05, 0.1) is 18.5 Å². The molecular formula is C14H17N3O2. The van der Waals surface area contributed by atoms with Crippen LogP contribution in [0.15, 0.2) is 29.3 Å². The summed E-state index contributed by atoms with van der Waals surface area (Å²) in [5, 5.41) is 0. The van der Waals surface area contributed by atoms with Crippen LogP contribution >= 0.6 is 0 Å². The van der Waals surface area contributed by atoms with Crippen molar-refractivity contribution in [3.63, 3.8) is 0 Å². The van der Waals surface area contributed by atoms with Crippen molar-refractivity contribution in [2.45, 2.75) is 26.7 Å². The van der Waals surface area contributed by atoms with Crippen LogP contribution in [0.2, 0.25) is 0 Å². The Morgan fingerprint density at radius 3 is 2.84 bits per heavy atom. The normalized spacial score (nSPS) is 10.4. The zero-order valence-corrected chi connectivity index (χ0v) is 11.1. The number of hydrogen-bond donors (Lipinski definition) is 1. The van der Waals surface area contributed by atoms with Gasteiger partial charge in [0, 0.05) is 24.2 Å². The third kappa shape index (κ3) is 3.40. The van der Waals surface area contributed by atoms with Crippen LogP contribution in [0.3, 0.4) is 0 Å². The molecule has 0 radical (unpaired) electrons. The maximum Gasteiger partial charge on any atom is 0.251 e. The van der Waals surface area contributed by atoms with Gasteiger partial charge in [-0.3, -0.25) is 9.78 Å². The van der Waals surface area contributed by atoms with E-state index in [1.54, 1.807) is 12.4 Å². The summed E-state index contributed by atoms with van der Waals surface area (Å²) in [5.41, 5.74) is 1.26. The third-order valence-corrected chi connectivity index (χ3v) is 2.61. The van der Waals surface area contributed by atoms with Gasteiger partial charge in [-0.15, -0.1) is 0 Å². The van der Waals surface area contributed by atoms with Crippen LogP contribution in [0.25, 0.3) is 11.3 Å². The molecule has 0 fully saturated rings. The van der Waals surface area contributed by atoms with Gasteiger partial charge < -0.3 is 9.72 Å². The van der Waals surface area contributed by atoms with Crippen LogP contribution in [0.1, 0.15) is 26.1 Å². The van der Waals surface area contributed by atoms with Crippen molar-refractivity contribution in [1.29, 1.82) is 0 Å². The predicted octanol–water partition coefficient (Wildman–Crippen LogP) is 2.18. The molecule has 2 heterocycles. The lowest BCUT2D eigenvalue weighted by Crippen LogP contribution is -2.10. The maximum absolute atomic E-state index is 11.6. The first kappa shape index (κ1) is 13.3. The molecule has 100 valence electrons. The molecule has 0 aromatic carbocycles. The van der Waals surface area contributed by atoms with Gasteiger partial charge in [0.15, 0.2) is 0 Å². The number of hydrogen-bond acceptors (Lipinski definition) is 4. The van der Waals surface area contributed by atoms with E-state index in [4.69, 9.17) is 4.74 Å². The number of aryl methyl sites for hydroxylation is 1. The van der Waals surface area contributed by atoms with Crippen molar-refractivity contribution in [2.75, 3.05) is 6.61 Å². The third-order valence-electron chi connectivity index (χ3n) is 2.61. The van der Waals surface area contributed by atoms with Gasteiger partial charge >= 0.3 is 0 Å². The lowest BCUT2D eigenvalue weighted by molar-refractivity contribution is 0.316. The van der Waals surface area contributed by atoms with E-state index in [0.29, 0.717) is 30.3 Å². The molecule has 19 heavy (non-hydrogen) atoms. The van der Waals surface area contributed by atoms with Gasteiger partial charge in [-0.25, -0.2) is 4.98 Å². The SMILES string of the molecule is CCCOc1cncc(-c2cc(=O)[nH]c(CC)n2)c1. The molecule has 2 rings (SSSR count). The van der Waals surface area contributed by atoms with Gasteiger partial charge in [0.25, 0.3) is 5.56 Å². The van der Waals surface area contributed by atoms with E-state index >= 15 is 0 Å². The van der Waals surface area contributed by atoms with Crippen molar-refractivity contribution in [2.24, 2.45) is 0 Å². The van der Waals surface area contributed by atoms with Gasteiger partial charge in [-0.2, -0.15) is 0 Å². The molecule has 1 N–H and O–H groups in total. The molecule has 0 amide bonds. The first-order valence-corrected chi connectivity index (χ1v) is 6.41. The molecule has 0 aliphatic heterocycles. The Hall–Kier alpha value is -2.17. The largest absolute Gasteiger partial charge is 0.492 e. The lowest BCUT2D eigenvalue weighted by atomic mass is 10.2. The van der Waals surface area contributed by atoms with Crippen LogP contribution in [-0.2, 0) is 6.42 Å². The molecule has 0 atom stereocenters. The fraction of sp³-hybridized carbons (Fsp3) is 0.357. The summed E-state index contributed by atoms with van der Waals surface area (Å²) < 4.78 is 5.53. The molecule has 5 nitrogen and oxygen atoms in total. The number of H-pyrrole nitrogens is 1.